The molecule has 0 spiro atoms. The highest BCUT2D eigenvalue weighted by Crippen LogP contribution is 2.31. The zero-order valence-corrected chi connectivity index (χ0v) is 17.7. The number of ether oxygens (including phenoxy) is 2. The first kappa shape index (κ1) is 20.4. The molecular formula is C24H23N3O4. The summed E-state index contributed by atoms with van der Waals surface area (Å²) in [6.45, 7) is 0.226. The molecular weight excluding hydrogens is 394 g/mol. The number of methoxy groups -OCH3 is 2. The van der Waals surface area contributed by atoms with Crippen LogP contribution >= 0.6 is 0 Å². The van der Waals surface area contributed by atoms with Gasteiger partial charge in [0, 0.05) is 12.6 Å². The Kier molecular flexibility index (Phi) is 5.84. The SMILES string of the molecule is COc1ccc(-c2noc(CN(C)C(=O)Cc3cccc4ccccc34)n2)cc1OC. The van der Waals surface area contributed by atoms with Crippen LogP contribution in [0.5, 0.6) is 11.5 Å². The van der Waals surface area contributed by atoms with Crippen LogP contribution in [0.4, 0.5) is 0 Å². The molecule has 0 fully saturated rings. The summed E-state index contributed by atoms with van der Waals surface area (Å²) in [5.74, 6) is 1.95. The molecule has 1 amide bonds. The minimum Gasteiger partial charge on any atom is -0.493 e. The van der Waals surface area contributed by atoms with Crippen LogP contribution in [0.1, 0.15) is 11.5 Å². The molecule has 1 aromatic heterocycles. The smallest absolute Gasteiger partial charge is 0.246 e. The van der Waals surface area contributed by atoms with Gasteiger partial charge in [-0.05, 0) is 34.5 Å². The van der Waals surface area contributed by atoms with Gasteiger partial charge in [0.05, 0.1) is 27.2 Å². The Morgan fingerprint density at radius 3 is 2.58 bits per heavy atom. The fourth-order valence-corrected chi connectivity index (χ4v) is 3.45. The van der Waals surface area contributed by atoms with Gasteiger partial charge in [0.25, 0.3) is 0 Å². The maximum atomic E-state index is 12.8. The molecule has 0 atom stereocenters. The predicted octanol–water partition coefficient (Wildman–Crippen LogP) is 4.11. The molecule has 0 radical (unpaired) electrons. The summed E-state index contributed by atoms with van der Waals surface area (Å²) in [7, 11) is 4.88. The number of aromatic nitrogens is 2. The molecule has 31 heavy (non-hydrogen) atoms. The number of likely N-dealkylation sites (N-methyl/N-ethyl adjacent to an activating group) is 1. The van der Waals surface area contributed by atoms with Crippen molar-refractivity contribution in [2.24, 2.45) is 0 Å². The van der Waals surface area contributed by atoms with Crippen LogP contribution in [0, 0.1) is 0 Å². The third-order valence-electron chi connectivity index (χ3n) is 5.13. The fourth-order valence-electron chi connectivity index (χ4n) is 3.45. The zero-order valence-electron chi connectivity index (χ0n) is 17.7. The van der Waals surface area contributed by atoms with E-state index in [0.29, 0.717) is 29.6 Å². The molecule has 4 aromatic rings. The lowest BCUT2D eigenvalue weighted by Crippen LogP contribution is -2.27. The van der Waals surface area contributed by atoms with E-state index in [4.69, 9.17) is 14.0 Å². The molecule has 1 heterocycles. The second-order valence-electron chi connectivity index (χ2n) is 7.15. The van der Waals surface area contributed by atoms with E-state index in [1.54, 1.807) is 38.3 Å². The number of hydrogen-bond acceptors (Lipinski definition) is 6. The van der Waals surface area contributed by atoms with Gasteiger partial charge >= 0.3 is 0 Å². The van der Waals surface area contributed by atoms with E-state index in [2.05, 4.69) is 10.1 Å². The van der Waals surface area contributed by atoms with E-state index in [-0.39, 0.29) is 12.5 Å². The van der Waals surface area contributed by atoms with E-state index in [9.17, 15) is 4.79 Å². The molecule has 7 heteroatoms. The largest absolute Gasteiger partial charge is 0.493 e. The summed E-state index contributed by atoms with van der Waals surface area (Å²) in [4.78, 5) is 18.8. The average Bonchev–Trinajstić information content (AvgIpc) is 3.27. The highest BCUT2D eigenvalue weighted by atomic mass is 16.5. The Bertz CT molecular complexity index is 1210. The van der Waals surface area contributed by atoms with Crippen LogP contribution in [-0.2, 0) is 17.8 Å². The van der Waals surface area contributed by atoms with Crippen molar-refractivity contribution in [3.63, 3.8) is 0 Å². The van der Waals surface area contributed by atoms with Gasteiger partial charge in [-0.15, -0.1) is 0 Å². The number of hydrogen-bond donors (Lipinski definition) is 0. The van der Waals surface area contributed by atoms with Crippen LogP contribution in [0.25, 0.3) is 22.2 Å². The summed E-state index contributed by atoms with van der Waals surface area (Å²) in [5, 5.41) is 6.24. The summed E-state index contributed by atoms with van der Waals surface area (Å²) in [5.41, 5.74) is 1.73. The highest BCUT2D eigenvalue weighted by Gasteiger charge is 2.17. The molecule has 0 aliphatic heterocycles. The minimum absolute atomic E-state index is 0.0257. The van der Waals surface area contributed by atoms with Gasteiger partial charge in [-0.3, -0.25) is 4.79 Å². The second-order valence-corrected chi connectivity index (χ2v) is 7.15. The molecule has 0 saturated carbocycles. The lowest BCUT2D eigenvalue weighted by molar-refractivity contribution is -0.130. The Labute approximate surface area is 180 Å². The van der Waals surface area contributed by atoms with Gasteiger partial charge in [-0.1, -0.05) is 47.6 Å². The first-order valence-corrected chi connectivity index (χ1v) is 9.84. The summed E-state index contributed by atoms with van der Waals surface area (Å²) >= 11 is 0. The zero-order chi connectivity index (χ0) is 21.8. The average molecular weight is 417 g/mol. The van der Waals surface area contributed by atoms with Crippen molar-refractivity contribution < 1.29 is 18.8 Å². The van der Waals surface area contributed by atoms with Crippen LogP contribution < -0.4 is 9.47 Å². The third-order valence-corrected chi connectivity index (χ3v) is 5.13. The Morgan fingerprint density at radius 1 is 1.00 bits per heavy atom. The first-order valence-electron chi connectivity index (χ1n) is 9.84. The predicted molar refractivity (Wildman–Crippen MR) is 117 cm³/mol. The Morgan fingerprint density at radius 2 is 1.77 bits per heavy atom. The number of carbonyl (C=O) groups is 1. The van der Waals surface area contributed by atoms with Crippen molar-refractivity contribution in [2.45, 2.75) is 13.0 Å². The fraction of sp³-hybridized carbons (Fsp3) is 0.208. The van der Waals surface area contributed by atoms with Crippen LogP contribution in [0.15, 0.2) is 65.2 Å². The van der Waals surface area contributed by atoms with Gasteiger partial charge in [-0.25, -0.2) is 0 Å². The van der Waals surface area contributed by atoms with Crippen molar-refractivity contribution in [1.29, 1.82) is 0 Å². The van der Waals surface area contributed by atoms with Crippen molar-refractivity contribution in [3.8, 4) is 22.9 Å². The lowest BCUT2D eigenvalue weighted by Gasteiger charge is -2.15. The number of nitrogens with zero attached hydrogens (tertiary/aromatic N) is 3. The van der Waals surface area contributed by atoms with E-state index in [0.717, 1.165) is 21.9 Å². The number of rotatable bonds is 7. The van der Waals surface area contributed by atoms with E-state index in [1.165, 1.54) is 0 Å². The quantitative estimate of drug-likeness (QED) is 0.450. The van der Waals surface area contributed by atoms with Crippen LogP contribution in [-0.4, -0.2) is 42.2 Å². The van der Waals surface area contributed by atoms with Crippen LogP contribution in [0.3, 0.4) is 0 Å². The van der Waals surface area contributed by atoms with Gasteiger partial charge in [0.15, 0.2) is 11.5 Å². The van der Waals surface area contributed by atoms with Crippen molar-refractivity contribution >= 4 is 16.7 Å². The van der Waals surface area contributed by atoms with Gasteiger partial charge in [-0.2, -0.15) is 4.98 Å². The molecule has 0 N–H and O–H groups in total. The molecule has 0 unspecified atom stereocenters. The maximum absolute atomic E-state index is 12.8. The Balaban J connectivity index is 1.46. The number of amides is 1. The molecule has 7 nitrogen and oxygen atoms in total. The molecule has 3 aromatic carbocycles. The van der Waals surface area contributed by atoms with E-state index >= 15 is 0 Å². The van der Waals surface area contributed by atoms with Crippen LogP contribution in [0.2, 0.25) is 0 Å². The summed E-state index contributed by atoms with van der Waals surface area (Å²) < 4.78 is 15.9. The minimum atomic E-state index is -0.0257. The molecule has 158 valence electrons. The maximum Gasteiger partial charge on any atom is 0.246 e. The van der Waals surface area contributed by atoms with E-state index in [1.807, 2.05) is 48.5 Å². The molecule has 0 aliphatic carbocycles. The molecule has 0 bridgehead atoms. The third kappa shape index (κ3) is 4.35. The standard InChI is InChI=1S/C24H23N3O4/c1-27(23(28)14-17-9-6-8-16-7-4-5-10-19(16)17)15-22-25-24(26-31-22)18-11-12-20(29-2)21(13-18)30-3/h4-13H,14-15H2,1-3H3. The highest BCUT2D eigenvalue weighted by molar-refractivity contribution is 5.90. The molecule has 4 rings (SSSR count). The van der Waals surface area contributed by atoms with Gasteiger partial charge in [0.1, 0.15) is 0 Å². The van der Waals surface area contributed by atoms with Gasteiger partial charge < -0.3 is 18.9 Å². The van der Waals surface area contributed by atoms with Crippen molar-refractivity contribution in [3.05, 3.63) is 72.1 Å². The molecule has 0 saturated heterocycles. The topological polar surface area (TPSA) is 77.7 Å². The number of carbonyl (C=O) groups excluding carboxylic acids is 1. The second kappa shape index (κ2) is 8.87. The normalized spacial score (nSPS) is 10.8. The Hall–Kier alpha value is -3.87. The molecule has 0 aliphatic rings. The summed E-state index contributed by atoms with van der Waals surface area (Å²) in [6.07, 6.45) is 0.300. The van der Waals surface area contributed by atoms with Crippen molar-refractivity contribution in [2.75, 3.05) is 21.3 Å². The summed E-state index contributed by atoms with van der Waals surface area (Å²) in [6, 6.07) is 19.4. The van der Waals surface area contributed by atoms with Crippen molar-refractivity contribution in [1.82, 2.24) is 15.0 Å². The lowest BCUT2D eigenvalue weighted by atomic mass is 10.0. The number of benzene rings is 3. The van der Waals surface area contributed by atoms with Gasteiger partial charge in [0.2, 0.25) is 17.6 Å². The first-order chi connectivity index (χ1) is 15.1. The van der Waals surface area contributed by atoms with E-state index < -0.39 is 0 Å². The number of fused-ring (bicyclic) bond motifs is 1. The monoisotopic (exact) mass is 417 g/mol.